The van der Waals surface area contributed by atoms with E-state index in [0.29, 0.717) is 49.6 Å². The van der Waals surface area contributed by atoms with Gasteiger partial charge in [-0.15, -0.1) is 0 Å². The van der Waals surface area contributed by atoms with Gasteiger partial charge in [0.05, 0.1) is 13.7 Å². The molecule has 3 N–H and O–H groups in total. The fourth-order valence-electron chi connectivity index (χ4n) is 3.26. The number of carbonyl (C=O) groups excluding carboxylic acids is 1. The van der Waals surface area contributed by atoms with Gasteiger partial charge in [0.1, 0.15) is 0 Å². The maximum Gasteiger partial charge on any atom is 0.254 e. The molecule has 0 aliphatic carbocycles. The smallest absolute Gasteiger partial charge is 0.254 e. The Hall–Kier alpha value is -2.68. The molecule has 3 rings (SSSR count). The van der Waals surface area contributed by atoms with Crippen molar-refractivity contribution < 1.29 is 23.8 Å². The standard InChI is InChI=1S/C21H26FN3O4/c1-28-19-5-3-16(21(27)25-8-6-24(7-9-25)10-11-26)13-20(19)29-18-4-2-15(14-23)12-17(18)22/h2-5,12-13,26H,6-11,14,23H2,1H3. The summed E-state index contributed by atoms with van der Waals surface area (Å²) in [5.41, 5.74) is 6.63. The quantitative estimate of drug-likeness (QED) is 0.734. The average Bonchev–Trinajstić information content (AvgIpc) is 2.75. The number of β-amino-alcohol motifs (C(OH)–C–C–N with tert-alkyl or cyclic N) is 1. The predicted octanol–water partition coefficient (Wildman–Crippen LogP) is 1.84. The Labute approximate surface area is 169 Å². The number of ether oxygens (including phenoxy) is 2. The molecule has 0 radical (unpaired) electrons. The molecule has 1 fully saturated rings. The molecule has 0 saturated carbocycles. The van der Waals surface area contributed by atoms with E-state index in [2.05, 4.69) is 4.90 Å². The number of nitrogens with zero attached hydrogens (tertiary/aromatic N) is 2. The lowest BCUT2D eigenvalue weighted by molar-refractivity contribution is 0.0614. The zero-order valence-electron chi connectivity index (χ0n) is 16.4. The highest BCUT2D eigenvalue weighted by Gasteiger charge is 2.23. The molecular formula is C21H26FN3O4. The lowest BCUT2D eigenvalue weighted by atomic mass is 10.1. The number of methoxy groups -OCH3 is 1. The summed E-state index contributed by atoms with van der Waals surface area (Å²) in [5, 5.41) is 9.04. The minimum absolute atomic E-state index is 0.0303. The highest BCUT2D eigenvalue weighted by atomic mass is 19.1. The van der Waals surface area contributed by atoms with Crippen molar-refractivity contribution in [3.8, 4) is 17.2 Å². The van der Waals surface area contributed by atoms with Gasteiger partial charge in [-0.25, -0.2) is 4.39 Å². The van der Waals surface area contributed by atoms with Crippen LogP contribution in [-0.2, 0) is 6.54 Å². The van der Waals surface area contributed by atoms with Gasteiger partial charge in [0, 0.05) is 44.8 Å². The minimum atomic E-state index is -0.535. The van der Waals surface area contributed by atoms with Crippen LogP contribution >= 0.6 is 0 Å². The van der Waals surface area contributed by atoms with Gasteiger partial charge in [-0.3, -0.25) is 9.69 Å². The first-order valence-corrected chi connectivity index (χ1v) is 9.52. The molecule has 2 aromatic rings. The fourth-order valence-corrected chi connectivity index (χ4v) is 3.26. The number of rotatable bonds is 7. The third-order valence-corrected chi connectivity index (χ3v) is 4.94. The van der Waals surface area contributed by atoms with Crippen LogP contribution in [-0.4, -0.2) is 67.3 Å². The van der Waals surface area contributed by atoms with Gasteiger partial charge in [-0.05, 0) is 35.9 Å². The number of aliphatic hydroxyl groups excluding tert-OH is 1. The van der Waals surface area contributed by atoms with Crippen LogP contribution in [0.3, 0.4) is 0 Å². The molecule has 0 bridgehead atoms. The highest BCUT2D eigenvalue weighted by Crippen LogP contribution is 2.34. The summed E-state index contributed by atoms with van der Waals surface area (Å²) in [5.74, 6) is 0.0304. The number of halogens is 1. The Morgan fingerprint density at radius 3 is 2.45 bits per heavy atom. The van der Waals surface area contributed by atoms with Crippen molar-refractivity contribution in [3.05, 3.63) is 53.3 Å². The van der Waals surface area contributed by atoms with Crippen LogP contribution < -0.4 is 15.2 Å². The molecule has 8 heteroatoms. The van der Waals surface area contributed by atoms with E-state index in [1.54, 1.807) is 29.2 Å². The van der Waals surface area contributed by atoms with E-state index in [1.807, 2.05) is 0 Å². The molecule has 1 aliphatic heterocycles. The van der Waals surface area contributed by atoms with Crippen molar-refractivity contribution in [1.82, 2.24) is 9.80 Å². The summed E-state index contributed by atoms with van der Waals surface area (Å²) in [7, 11) is 1.48. The van der Waals surface area contributed by atoms with Gasteiger partial charge >= 0.3 is 0 Å². The van der Waals surface area contributed by atoms with Crippen molar-refractivity contribution in [1.29, 1.82) is 0 Å². The summed E-state index contributed by atoms with van der Waals surface area (Å²) < 4.78 is 25.3. The number of hydrogen-bond donors (Lipinski definition) is 2. The molecule has 0 aromatic heterocycles. The molecule has 29 heavy (non-hydrogen) atoms. The van der Waals surface area contributed by atoms with E-state index in [4.69, 9.17) is 20.3 Å². The number of carbonyl (C=O) groups is 1. The average molecular weight is 403 g/mol. The number of benzene rings is 2. The van der Waals surface area contributed by atoms with Crippen LogP contribution in [0, 0.1) is 5.82 Å². The largest absolute Gasteiger partial charge is 0.493 e. The first-order chi connectivity index (χ1) is 14.0. The lowest BCUT2D eigenvalue weighted by Crippen LogP contribution is -2.49. The lowest BCUT2D eigenvalue weighted by Gasteiger charge is -2.34. The van der Waals surface area contributed by atoms with Gasteiger partial charge in [0.25, 0.3) is 5.91 Å². The molecule has 1 saturated heterocycles. The molecule has 1 heterocycles. The predicted molar refractivity (Wildman–Crippen MR) is 107 cm³/mol. The number of aliphatic hydroxyl groups is 1. The van der Waals surface area contributed by atoms with E-state index in [1.165, 1.54) is 19.2 Å². The normalized spacial score (nSPS) is 14.7. The molecule has 0 atom stereocenters. The molecular weight excluding hydrogens is 377 g/mol. The maximum absolute atomic E-state index is 14.3. The van der Waals surface area contributed by atoms with E-state index in [-0.39, 0.29) is 30.6 Å². The SMILES string of the molecule is COc1ccc(C(=O)N2CCN(CCO)CC2)cc1Oc1ccc(CN)cc1F. The zero-order chi connectivity index (χ0) is 20.8. The summed E-state index contributed by atoms with van der Waals surface area (Å²) in [6.07, 6.45) is 0. The second-order valence-corrected chi connectivity index (χ2v) is 6.79. The van der Waals surface area contributed by atoms with Crippen molar-refractivity contribution in [2.24, 2.45) is 5.73 Å². The fraction of sp³-hybridized carbons (Fsp3) is 0.381. The molecule has 7 nitrogen and oxygen atoms in total. The Kier molecular flexibility index (Phi) is 7.03. The van der Waals surface area contributed by atoms with E-state index in [9.17, 15) is 9.18 Å². The summed E-state index contributed by atoms with van der Waals surface area (Å²) in [6.45, 7) is 3.53. The Balaban J connectivity index is 1.77. The van der Waals surface area contributed by atoms with Crippen LogP contribution in [0.1, 0.15) is 15.9 Å². The second-order valence-electron chi connectivity index (χ2n) is 6.79. The third kappa shape index (κ3) is 5.03. The summed E-state index contributed by atoms with van der Waals surface area (Å²) in [4.78, 5) is 16.8. The third-order valence-electron chi connectivity index (χ3n) is 4.94. The zero-order valence-corrected chi connectivity index (χ0v) is 16.4. The van der Waals surface area contributed by atoms with Gasteiger partial charge in [-0.1, -0.05) is 6.07 Å². The molecule has 1 aliphatic rings. The monoisotopic (exact) mass is 403 g/mol. The van der Waals surface area contributed by atoms with Crippen molar-refractivity contribution >= 4 is 5.91 Å². The van der Waals surface area contributed by atoms with Gasteiger partial charge < -0.3 is 25.2 Å². The maximum atomic E-state index is 14.3. The summed E-state index contributed by atoms with van der Waals surface area (Å²) >= 11 is 0. The Morgan fingerprint density at radius 2 is 1.83 bits per heavy atom. The number of piperazine rings is 1. The molecule has 156 valence electrons. The first-order valence-electron chi connectivity index (χ1n) is 9.52. The Bertz CT molecular complexity index is 854. The van der Waals surface area contributed by atoms with Gasteiger partial charge in [0.15, 0.2) is 23.1 Å². The number of nitrogens with two attached hydrogens (primary N) is 1. The van der Waals surface area contributed by atoms with E-state index < -0.39 is 5.82 Å². The minimum Gasteiger partial charge on any atom is -0.493 e. The second kappa shape index (κ2) is 9.69. The van der Waals surface area contributed by atoms with Crippen LogP contribution in [0.5, 0.6) is 17.2 Å². The molecule has 1 amide bonds. The van der Waals surface area contributed by atoms with Crippen LogP contribution in [0.2, 0.25) is 0 Å². The van der Waals surface area contributed by atoms with Crippen molar-refractivity contribution in [2.75, 3.05) is 46.4 Å². The van der Waals surface area contributed by atoms with Crippen molar-refractivity contribution in [2.45, 2.75) is 6.54 Å². The number of hydrogen-bond acceptors (Lipinski definition) is 6. The Morgan fingerprint density at radius 1 is 1.10 bits per heavy atom. The van der Waals surface area contributed by atoms with Gasteiger partial charge in [0.2, 0.25) is 0 Å². The van der Waals surface area contributed by atoms with E-state index >= 15 is 0 Å². The molecule has 2 aromatic carbocycles. The van der Waals surface area contributed by atoms with Crippen LogP contribution in [0.15, 0.2) is 36.4 Å². The molecule has 0 spiro atoms. The topological polar surface area (TPSA) is 88.3 Å². The van der Waals surface area contributed by atoms with E-state index in [0.717, 1.165) is 0 Å². The number of amides is 1. The molecule has 0 unspecified atom stereocenters. The first kappa shape index (κ1) is 21.0. The van der Waals surface area contributed by atoms with Crippen LogP contribution in [0.25, 0.3) is 0 Å². The summed E-state index contributed by atoms with van der Waals surface area (Å²) in [6, 6.07) is 9.39. The van der Waals surface area contributed by atoms with Gasteiger partial charge in [-0.2, -0.15) is 0 Å². The highest BCUT2D eigenvalue weighted by molar-refractivity contribution is 5.95. The van der Waals surface area contributed by atoms with Crippen LogP contribution in [0.4, 0.5) is 4.39 Å². The van der Waals surface area contributed by atoms with Crippen molar-refractivity contribution in [3.63, 3.8) is 0 Å².